The fraction of sp³-hybridized carbons (Fsp3) is 0.700. The first-order valence-electron chi connectivity index (χ1n) is 10.4. The van der Waals surface area contributed by atoms with Crippen LogP contribution in [0.3, 0.4) is 0 Å². The van der Waals surface area contributed by atoms with Crippen molar-refractivity contribution in [2.75, 3.05) is 67.1 Å². The number of methoxy groups -OCH3 is 2. The number of allylic oxidation sites excluding steroid dienone is 4. The molecule has 9 nitrogen and oxygen atoms in total. The van der Waals surface area contributed by atoms with Gasteiger partial charge in [0.05, 0.1) is 52.9 Å². The van der Waals surface area contributed by atoms with Crippen LogP contribution in [-0.2, 0) is 33.3 Å². The second-order valence-electron chi connectivity index (χ2n) is 6.56. The molecule has 0 aliphatic rings. The molecule has 0 spiro atoms. The number of hydrogen-bond acceptors (Lipinski definition) is 9. The molecular formula is C20H24BaF12O9. The van der Waals surface area contributed by atoms with Gasteiger partial charge in [0.2, 0.25) is 0 Å². The van der Waals surface area contributed by atoms with Gasteiger partial charge in [0.25, 0.3) is 11.6 Å². The van der Waals surface area contributed by atoms with Crippen molar-refractivity contribution in [3.8, 4) is 0 Å². The van der Waals surface area contributed by atoms with Crippen molar-refractivity contribution in [2.45, 2.75) is 24.7 Å². The number of carbonyl (C=O) groups is 2. The molecule has 0 unspecified atom stereocenters. The molecule has 22 heteroatoms. The van der Waals surface area contributed by atoms with Crippen LogP contribution in [0.25, 0.3) is 0 Å². The Bertz CT molecular complexity index is 729. The fourth-order valence-electron chi connectivity index (χ4n) is 1.39. The maximum atomic E-state index is 11.3. The van der Waals surface area contributed by atoms with E-state index < -0.39 is 59.9 Å². The normalized spacial score (nSPS) is 12.8. The molecule has 0 atom stereocenters. The minimum atomic E-state index is -5.46. The number of ketones is 2. The molecule has 0 saturated heterocycles. The molecule has 0 aromatic heterocycles. The first-order valence-corrected chi connectivity index (χ1v) is 10.4. The van der Waals surface area contributed by atoms with Crippen LogP contribution >= 0.6 is 0 Å². The fourth-order valence-corrected chi connectivity index (χ4v) is 1.39. The summed E-state index contributed by atoms with van der Waals surface area (Å²) < 4.78 is 161. The van der Waals surface area contributed by atoms with E-state index in [2.05, 4.69) is 0 Å². The Labute approximate surface area is 270 Å². The summed E-state index contributed by atoms with van der Waals surface area (Å²) in [7, 11) is 3.30. The van der Waals surface area contributed by atoms with Gasteiger partial charge >= 0.3 is 73.6 Å². The van der Waals surface area contributed by atoms with Crippen molar-refractivity contribution in [1.82, 2.24) is 0 Å². The quantitative estimate of drug-likeness (QED) is 0.0855. The Morgan fingerprint density at radius 1 is 0.500 bits per heavy atom. The Morgan fingerprint density at radius 2 is 0.714 bits per heavy atom. The van der Waals surface area contributed by atoms with Crippen LogP contribution in [0.4, 0.5) is 52.7 Å². The number of hydrogen-bond donors (Lipinski definition) is 0. The standard InChI is InChI=1S/C10H22O5.2C5H2F6O2.Ba/c1-11-3-5-13-7-9-15-10-8-14-6-4-12-2;2*6-4(7,8)2(12)1-3(13)5(9,10)11;/h3-10H2,1-2H3;2*1,12H;/q;;;+2/p-2/b;2*2-1-;. The summed E-state index contributed by atoms with van der Waals surface area (Å²) >= 11 is 0. The summed E-state index contributed by atoms with van der Waals surface area (Å²) in [5.74, 6) is -11.3. The van der Waals surface area contributed by atoms with E-state index in [4.69, 9.17) is 23.7 Å². The van der Waals surface area contributed by atoms with Crippen molar-refractivity contribution >= 4 is 60.4 Å². The van der Waals surface area contributed by atoms with Crippen molar-refractivity contribution < 1.29 is 96.2 Å². The number of rotatable bonds is 14. The van der Waals surface area contributed by atoms with E-state index in [1.807, 2.05) is 0 Å². The smallest absolute Gasteiger partial charge is 0.869 e. The molecule has 244 valence electrons. The van der Waals surface area contributed by atoms with Gasteiger partial charge in [-0.05, 0) is 23.7 Å². The summed E-state index contributed by atoms with van der Waals surface area (Å²) in [5.41, 5.74) is 0. The Kier molecular flexibility index (Phi) is 27.7. The van der Waals surface area contributed by atoms with Gasteiger partial charge in [0.1, 0.15) is 0 Å². The molecule has 0 amide bonds. The average molecular weight is 774 g/mol. The predicted octanol–water partition coefficient (Wildman–Crippen LogP) is 1.80. The van der Waals surface area contributed by atoms with Gasteiger partial charge in [0.15, 0.2) is 0 Å². The van der Waals surface area contributed by atoms with E-state index in [1.165, 1.54) is 0 Å². The SMILES string of the molecule is COCCOCCOCCOCCOC.O=C(/C=C(\[O-])C(F)(F)F)C(F)(F)F.O=C(/C=C(\[O-])C(F)(F)F)C(F)(F)F.[Ba+2]. The molecule has 0 aliphatic carbocycles. The summed E-state index contributed by atoms with van der Waals surface area (Å²) in [6.07, 6.45) is -23.9. The molecule has 0 aromatic carbocycles. The predicted molar refractivity (Wildman–Crippen MR) is 112 cm³/mol. The van der Waals surface area contributed by atoms with Gasteiger partial charge < -0.3 is 33.9 Å². The van der Waals surface area contributed by atoms with Crippen molar-refractivity contribution in [3.05, 3.63) is 23.7 Å². The Morgan fingerprint density at radius 3 is 0.881 bits per heavy atom. The zero-order valence-corrected chi connectivity index (χ0v) is 26.2. The summed E-state index contributed by atoms with van der Waals surface area (Å²) in [4.78, 5) is 19.6. The zero-order chi connectivity index (χ0) is 32.9. The molecule has 0 fully saturated rings. The van der Waals surface area contributed by atoms with Crippen LogP contribution < -0.4 is 10.2 Å². The van der Waals surface area contributed by atoms with Crippen molar-refractivity contribution in [3.63, 3.8) is 0 Å². The van der Waals surface area contributed by atoms with E-state index in [1.54, 1.807) is 14.2 Å². The molecule has 42 heavy (non-hydrogen) atoms. The van der Waals surface area contributed by atoms with E-state index in [-0.39, 0.29) is 48.9 Å². The first-order chi connectivity index (χ1) is 18.5. The number of ether oxygens (including phenoxy) is 5. The number of alkyl halides is 12. The molecular weight excluding hydrogens is 750 g/mol. The van der Waals surface area contributed by atoms with Crippen molar-refractivity contribution in [2.24, 2.45) is 0 Å². The van der Waals surface area contributed by atoms with E-state index >= 15 is 0 Å². The van der Waals surface area contributed by atoms with Gasteiger partial charge in [-0.2, -0.15) is 52.7 Å². The van der Waals surface area contributed by atoms with Crippen LogP contribution in [0.15, 0.2) is 23.7 Å². The van der Waals surface area contributed by atoms with Crippen molar-refractivity contribution in [1.29, 1.82) is 0 Å². The molecule has 0 rings (SSSR count). The minimum Gasteiger partial charge on any atom is -0.869 e. The third kappa shape index (κ3) is 30.4. The van der Waals surface area contributed by atoms with Crippen LogP contribution in [0.5, 0.6) is 0 Å². The van der Waals surface area contributed by atoms with Gasteiger partial charge in [-0.15, -0.1) is 0 Å². The van der Waals surface area contributed by atoms with Gasteiger partial charge in [-0.25, -0.2) is 0 Å². The summed E-state index contributed by atoms with van der Waals surface area (Å²) in [5, 5.41) is 19.6. The molecule has 0 aliphatic heterocycles. The monoisotopic (exact) mass is 774 g/mol. The van der Waals surface area contributed by atoms with Gasteiger partial charge in [0, 0.05) is 14.2 Å². The Hall–Kier alpha value is -1.05. The number of halogens is 12. The number of carbonyl (C=O) groups excluding carboxylic acids is 2. The third-order valence-electron chi connectivity index (χ3n) is 3.25. The van der Waals surface area contributed by atoms with Crippen LogP contribution in [0.1, 0.15) is 0 Å². The van der Waals surface area contributed by atoms with Crippen LogP contribution in [0.2, 0.25) is 0 Å². The second-order valence-corrected chi connectivity index (χ2v) is 6.56. The van der Waals surface area contributed by atoms with E-state index in [9.17, 15) is 72.5 Å². The molecule has 0 bridgehead atoms. The molecule has 0 radical (unpaired) electrons. The van der Waals surface area contributed by atoms with E-state index in [0.29, 0.717) is 52.9 Å². The first kappa shape index (κ1) is 47.9. The van der Waals surface area contributed by atoms with E-state index in [0.717, 1.165) is 0 Å². The molecule has 0 aromatic rings. The van der Waals surface area contributed by atoms with Crippen LogP contribution in [-0.4, -0.2) is 152 Å². The average Bonchev–Trinajstić information content (AvgIpc) is 2.81. The third-order valence-corrected chi connectivity index (χ3v) is 3.25. The molecule has 0 N–H and O–H groups in total. The molecule has 0 heterocycles. The zero-order valence-electron chi connectivity index (χ0n) is 21.7. The van der Waals surface area contributed by atoms with Gasteiger partial charge in [-0.1, -0.05) is 0 Å². The summed E-state index contributed by atoms with van der Waals surface area (Å²) in [6, 6.07) is 0. The van der Waals surface area contributed by atoms with Gasteiger partial charge in [-0.3, -0.25) is 9.59 Å². The maximum absolute atomic E-state index is 11.3. The summed E-state index contributed by atoms with van der Waals surface area (Å²) in [6.45, 7) is 4.87. The second kappa shape index (κ2) is 24.3. The largest absolute Gasteiger partial charge is 2.00 e. The minimum absolute atomic E-state index is 0. The van der Waals surface area contributed by atoms with Crippen LogP contribution in [0, 0.1) is 0 Å². The topological polar surface area (TPSA) is 126 Å². The molecule has 0 saturated carbocycles. The maximum Gasteiger partial charge on any atom is 2.00 e. The Balaban J connectivity index is -0.000000256.